The van der Waals surface area contributed by atoms with Crippen molar-refractivity contribution in [3.8, 4) is 0 Å². The number of amides is 1. The Labute approximate surface area is 116 Å². The van der Waals surface area contributed by atoms with Crippen LogP contribution in [-0.4, -0.2) is 23.0 Å². The molecule has 0 fully saturated rings. The highest BCUT2D eigenvalue weighted by atomic mass is 16.4. The second-order valence-corrected chi connectivity index (χ2v) is 4.70. The minimum atomic E-state index is -0.916. The third-order valence-electron chi connectivity index (χ3n) is 3.12. The summed E-state index contributed by atoms with van der Waals surface area (Å²) in [6.07, 6.45) is 2.78. The summed E-state index contributed by atoms with van der Waals surface area (Å²) in [5.74, 6) is -1.21. The maximum absolute atomic E-state index is 12.2. The third-order valence-corrected chi connectivity index (χ3v) is 3.12. The molecule has 5 nitrogen and oxygen atoms in total. The highest BCUT2D eigenvalue weighted by molar-refractivity contribution is 6.06. The van der Waals surface area contributed by atoms with Crippen molar-refractivity contribution in [1.29, 1.82) is 0 Å². The lowest BCUT2D eigenvalue weighted by Crippen LogP contribution is -2.36. The Balaban J connectivity index is 2.15. The van der Waals surface area contributed by atoms with Gasteiger partial charge in [-0.15, -0.1) is 0 Å². The molecule has 0 aliphatic heterocycles. The van der Waals surface area contributed by atoms with Gasteiger partial charge in [-0.3, -0.25) is 9.59 Å². The smallest absolute Gasteiger partial charge is 0.305 e. The number of rotatable bonds is 6. The molecule has 1 unspecified atom stereocenters. The van der Waals surface area contributed by atoms with Gasteiger partial charge >= 0.3 is 5.97 Å². The average Bonchev–Trinajstić information content (AvgIpc) is 2.82. The number of hydrogen-bond donors (Lipinski definition) is 2. The fourth-order valence-electron chi connectivity index (χ4n) is 2.20. The van der Waals surface area contributed by atoms with E-state index in [9.17, 15) is 9.59 Å². The summed E-state index contributed by atoms with van der Waals surface area (Å²) in [6, 6.07) is 6.89. The Kier molecular flexibility index (Phi) is 4.40. The minimum Gasteiger partial charge on any atom is -0.481 e. The number of furan rings is 1. The number of fused-ring (bicyclic) bond motifs is 1. The molecule has 20 heavy (non-hydrogen) atoms. The summed E-state index contributed by atoms with van der Waals surface area (Å²) < 4.78 is 5.32. The van der Waals surface area contributed by atoms with E-state index in [-0.39, 0.29) is 18.4 Å². The number of carboxylic acid groups (broad SMARTS) is 1. The summed E-state index contributed by atoms with van der Waals surface area (Å²) in [5, 5.41) is 12.4. The number of hydrogen-bond acceptors (Lipinski definition) is 3. The van der Waals surface area contributed by atoms with Crippen molar-refractivity contribution in [3.63, 3.8) is 0 Å². The zero-order chi connectivity index (χ0) is 14.5. The molecule has 1 aromatic heterocycles. The fourth-order valence-corrected chi connectivity index (χ4v) is 2.20. The van der Waals surface area contributed by atoms with Gasteiger partial charge in [0.25, 0.3) is 5.91 Å². The van der Waals surface area contributed by atoms with E-state index in [1.54, 1.807) is 12.1 Å². The molecule has 0 bridgehead atoms. The standard InChI is InChI=1S/C15H17NO4/c1-2-5-10(8-14(17)18)16-15(19)12-9-20-13-7-4-3-6-11(12)13/h3-4,6-7,9-10H,2,5,8H2,1H3,(H,16,19)(H,17,18). The fraction of sp³-hybridized carbons (Fsp3) is 0.333. The molecule has 1 amide bonds. The van der Waals surface area contributed by atoms with Gasteiger partial charge in [-0.25, -0.2) is 0 Å². The summed E-state index contributed by atoms with van der Waals surface area (Å²) in [4.78, 5) is 23.0. The SMILES string of the molecule is CCCC(CC(=O)O)NC(=O)c1coc2ccccc12. The molecule has 1 atom stereocenters. The second kappa shape index (κ2) is 6.23. The molecular weight excluding hydrogens is 258 g/mol. The highest BCUT2D eigenvalue weighted by Gasteiger charge is 2.19. The van der Waals surface area contributed by atoms with E-state index >= 15 is 0 Å². The van der Waals surface area contributed by atoms with Gasteiger partial charge in [0, 0.05) is 11.4 Å². The van der Waals surface area contributed by atoms with Gasteiger partial charge < -0.3 is 14.8 Å². The van der Waals surface area contributed by atoms with E-state index in [1.165, 1.54) is 6.26 Å². The Hall–Kier alpha value is -2.30. The highest BCUT2D eigenvalue weighted by Crippen LogP contribution is 2.20. The van der Waals surface area contributed by atoms with Crippen molar-refractivity contribution < 1.29 is 19.1 Å². The van der Waals surface area contributed by atoms with Crippen molar-refractivity contribution >= 4 is 22.8 Å². The number of aliphatic carboxylic acids is 1. The Morgan fingerprint density at radius 1 is 1.35 bits per heavy atom. The van der Waals surface area contributed by atoms with Crippen molar-refractivity contribution in [2.24, 2.45) is 0 Å². The second-order valence-electron chi connectivity index (χ2n) is 4.70. The summed E-state index contributed by atoms with van der Waals surface area (Å²) in [7, 11) is 0. The van der Waals surface area contributed by atoms with Gasteiger partial charge in [0.2, 0.25) is 0 Å². The van der Waals surface area contributed by atoms with Crippen LogP contribution in [0.25, 0.3) is 11.0 Å². The largest absolute Gasteiger partial charge is 0.481 e. The van der Waals surface area contributed by atoms with Crippen LogP contribution < -0.4 is 5.32 Å². The number of benzene rings is 1. The third kappa shape index (κ3) is 3.17. The molecule has 106 valence electrons. The first kappa shape index (κ1) is 14.1. The van der Waals surface area contributed by atoms with Gasteiger partial charge in [-0.2, -0.15) is 0 Å². The normalized spacial score (nSPS) is 12.2. The lowest BCUT2D eigenvalue weighted by Gasteiger charge is -2.15. The van der Waals surface area contributed by atoms with Crippen LogP contribution in [0.2, 0.25) is 0 Å². The van der Waals surface area contributed by atoms with E-state index in [2.05, 4.69) is 5.32 Å². The van der Waals surface area contributed by atoms with E-state index < -0.39 is 5.97 Å². The van der Waals surface area contributed by atoms with Gasteiger partial charge in [0.1, 0.15) is 11.8 Å². The number of carbonyl (C=O) groups is 2. The molecule has 0 spiro atoms. The van der Waals surface area contributed by atoms with Crippen molar-refractivity contribution in [2.75, 3.05) is 0 Å². The van der Waals surface area contributed by atoms with E-state index in [1.807, 2.05) is 19.1 Å². The molecule has 2 aromatic rings. The predicted molar refractivity (Wildman–Crippen MR) is 74.6 cm³/mol. The quantitative estimate of drug-likeness (QED) is 0.849. The van der Waals surface area contributed by atoms with Gasteiger partial charge in [-0.1, -0.05) is 31.5 Å². The van der Waals surface area contributed by atoms with E-state index in [0.717, 1.165) is 11.8 Å². The van der Waals surface area contributed by atoms with Crippen molar-refractivity contribution in [2.45, 2.75) is 32.2 Å². The minimum absolute atomic E-state index is 0.0740. The maximum Gasteiger partial charge on any atom is 0.305 e. The van der Waals surface area contributed by atoms with Crippen LogP contribution in [0, 0.1) is 0 Å². The monoisotopic (exact) mass is 275 g/mol. The number of para-hydroxylation sites is 1. The van der Waals surface area contributed by atoms with Crippen LogP contribution >= 0.6 is 0 Å². The number of carboxylic acids is 1. The summed E-state index contributed by atoms with van der Waals surface area (Å²) in [6.45, 7) is 1.95. The molecule has 0 radical (unpaired) electrons. The zero-order valence-corrected chi connectivity index (χ0v) is 11.3. The lowest BCUT2D eigenvalue weighted by atomic mass is 10.1. The maximum atomic E-state index is 12.2. The van der Waals surface area contributed by atoms with Crippen LogP contribution in [0.5, 0.6) is 0 Å². The van der Waals surface area contributed by atoms with Gasteiger partial charge in [0.15, 0.2) is 0 Å². The van der Waals surface area contributed by atoms with E-state index in [4.69, 9.17) is 9.52 Å². The molecule has 0 aliphatic rings. The Morgan fingerprint density at radius 3 is 2.80 bits per heavy atom. The Morgan fingerprint density at radius 2 is 2.10 bits per heavy atom. The molecule has 2 rings (SSSR count). The molecule has 1 aromatic carbocycles. The molecule has 1 heterocycles. The van der Waals surface area contributed by atoms with Gasteiger partial charge in [0.05, 0.1) is 12.0 Å². The van der Waals surface area contributed by atoms with Crippen LogP contribution in [0.4, 0.5) is 0 Å². The summed E-state index contributed by atoms with van der Waals surface area (Å²) >= 11 is 0. The zero-order valence-electron chi connectivity index (χ0n) is 11.3. The number of nitrogens with one attached hydrogen (secondary N) is 1. The first-order valence-electron chi connectivity index (χ1n) is 6.60. The summed E-state index contributed by atoms with van der Waals surface area (Å²) in [5.41, 5.74) is 1.08. The van der Waals surface area contributed by atoms with Crippen LogP contribution in [0.1, 0.15) is 36.5 Å². The average molecular weight is 275 g/mol. The number of carbonyl (C=O) groups excluding carboxylic acids is 1. The topological polar surface area (TPSA) is 79.5 Å². The molecule has 0 aliphatic carbocycles. The van der Waals surface area contributed by atoms with Crippen LogP contribution in [0.15, 0.2) is 34.9 Å². The molecule has 2 N–H and O–H groups in total. The molecular formula is C15H17NO4. The molecule has 0 saturated carbocycles. The molecule has 0 saturated heterocycles. The Bertz CT molecular complexity index is 617. The van der Waals surface area contributed by atoms with Crippen LogP contribution in [-0.2, 0) is 4.79 Å². The predicted octanol–water partition coefficient (Wildman–Crippen LogP) is 2.81. The van der Waals surface area contributed by atoms with Crippen molar-refractivity contribution in [3.05, 3.63) is 36.1 Å². The first-order valence-corrected chi connectivity index (χ1v) is 6.60. The van der Waals surface area contributed by atoms with Gasteiger partial charge in [-0.05, 0) is 12.5 Å². The lowest BCUT2D eigenvalue weighted by molar-refractivity contribution is -0.137. The van der Waals surface area contributed by atoms with E-state index in [0.29, 0.717) is 17.6 Å². The van der Waals surface area contributed by atoms with Crippen LogP contribution in [0.3, 0.4) is 0 Å². The first-order chi connectivity index (χ1) is 9.61. The van der Waals surface area contributed by atoms with Crippen molar-refractivity contribution in [1.82, 2.24) is 5.32 Å². The molecule has 5 heteroatoms.